The molecule has 0 bridgehead atoms. The van der Waals surface area contributed by atoms with Crippen LogP contribution >= 0.6 is 11.3 Å². The van der Waals surface area contributed by atoms with Crippen LogP contribution in [0.3, 0.4) is 0 Å². The van der Waals surface area contributed by atoms with E-state index in [1.54, 1.807) is 22.1 Å². The highest BCUT2D eigenvalue weighted by Gasteiger charge is 2.20. The van der Waals surface area contributed by atoms with Crippen molar-refractivity contribution >= 4 is 33.9 Å². The number of nitrogens with two attached hydrogens (primary N) is 1. The first-order chi connectivity index (χ1) is 16.4. The van der Waals surface area contributed by atoms with Crippen LogP contribution in [-0.2, 0) is 0 Å². The number of pyridine rings is 1. The number of aromatic nitrogens is 4. The van der Waals surface area contributed by atoms with E-state index in [0.29, 0.717) is 5.82 Å². The Kier molecular flexibility index (Phi) is 5.59. The van der Waals surface area contributed by atoms with Crippen molar-refractivity contribution in [1.29, 1.82) is 0 Å². The second-order valence-corrected chi connectivity index (χ2v) is 9.42. The minimum absolute atomic E-state index is 0.0500. The van der Waals surface area contributed by atoms with Gasteiger partial charge in [0.2, 0.25) is 5.95 Å². The van der Waals surface area contributed by atoms with Crippen LogP contribution in [0.5, 0.6) is 0 Å². The molecule has 0 saturated carbocycles. The molecule has 3 N–H and O–H groups in total. The second-order valence-electron chi connectivity index (χ2n) is 8.18. The summed E-state index contributed by atoms with van der Waals surface area (Å²) in [6.45, 7) is 5.93. The zero-order valence-corrected chi connectivity index (χ0v) is 19.9. The van der Waals surface area contributed by atoms with E-state index in [2.05, 4.69) is 26.3 Å². The molecule has 0 aliphatic carbocycles. The third kappa shape index (κ3) is 3.92. The van der Waals surface area contributed by atoms with Crippen molar-refractivity contribution < 1.29 is 0 Å². The number of thiazole rings is 1. The summed E-state index contributed by atoms with van der Waals surface area (Å²) in [5.41, 5.74) is 9.27. The molecule has 0 radical (unpaired) electrons. The van der Waals surface area contributed by atoms with Gasteiger partial charge in [0.15, 0.2) is 0 Å². The van der Waals surface area contributed by atoms with E-state index in [1.165, 1.54) is 0 Å². The normalized spacial score (nSPS) is 12.1. The number of nitrogens with one attached hydrogen (secondary N) is 1. The summed E-state index contributed by atoms with van der Waals surface area (Å²) in [5, 5.41) is 6.05. The summed E-state index contributed by atoms with van der Waals surface area (Å²) in [6.07, 6.45) is 3.52. The molecule has 7 nitrogen and oxygen atoms in total. The number of nitrogens with zero attached hydrogens (tertiary/aromatic N) is 4. The lowest BCUT2D eigenvalue weighted by molar-refractivity contribution is 0.773. The Morgan fingerprint density at radius 1 is 1.03 bits per heavy atom. The van der Waals surface area contributed by atoms with E-state index in [9.17, 15) is 4.79 Å². The van der Waals surface area contributed by atoms with Crippen molar-refractivity contribution in [2.75, 3.05) is 11.1 Å². The highest BCUT2D eigenvalue weighted by molar-refractivity contribution is 7.15. The largest absolute Gasteiger partial charge is 0.368 e. The van der Waals surface area contributed by atoms with Gasteiger partial charge in [-0.25, -0.2) is 9.97 Å². The minimum atomic E-state index is -0.264. The lowest BCUT2D eigenvalue weighted by atomic mass is 10.0. The number of fused-ring (bicyclic) bond motifs is 1. The summed E-state index contributed by atoms with van der Waals surface area (Å²) < 4.78 is 1.77. The highest BCUT2D eigenvalue weighted by atomic mass is 32.1. The van der Waals surface area contributed by atoms with Gasteiger partial charge in [-0.05, 0) is 49.9 Å². The molecular formula is C26H24N6OS. The highest BCUT2D eigenvalue weighted by Crippen LogP contribution is 2.33. The lowest BCUT2D eigenvalue weighted by Crippen LogP contribution is -2.26. The summed E-state index contributed by atoms with van der Waals surface area (Å²) in [5.74, 6) is 0.773. The first-order valence-electron chi connectivity index (χ1n) is 10.9. The number of rotatable bonds is 5. The van der Waals surface area contributed by atoms with Crippen LogP contribution in [0.2, 0.25) is 0 Å². The number of para-hydroxylation sites is 1. The Balaban J connectivity index is 1.67. The van der Waals surface area contributed by atoms with Gasteiger partial charge in [0.25, 0.3) is 5.56 Å². The first-order valence-corrected chi connectivity index (χ1v) is 11.8. The molecule has 1 atom stereocenters. The standard InChI is InChI=1S/C26H24N6OS/c1-15-8-7-9-18-12-21(32(25(33)23(15)18)19-10-5-4-6-11-19)16(2)30-24-20(13-29-26(27)31-24)22-14-28-17(3)34-22/h4-14,16H,1-3H3,(H3,27,29,30,31)/t16-/m0/s1. The number of benzene rings is 2. The molecule has 0 amide bonds. The minimum Gasteiger partial charge on any atom is -0.368 e. The van der Waals surface area contributed by atoms with Gasteiger partial charge in [0.1, 0.15) is 5.82 Å². The predicted octanol–water partition coefficient (Wildman–Crippen LogP) is 5.28. The van der Waals surface area contributed by atoms with Gasteiger partial charge in [-0.15, -0.1) is 11.3 Å². The summed E-state index contributed by atoms with van der Waals surface area (Å²) in [4.78, 5) is 27.7. The van der Waals surface area contributed by atoms with E-state index in [-0.39, 0.29) is 17.5 Å². The summed E-state index contributed by atoms with van der Waals surface area (Å²) in [7, 11) is 0. The molecule has 3 aromatic heterocycles. The van der Waals surface area contributed by atoms with Crippen LogP contribution in [0.4, 0.5) is 11.8 Å². The van der Waals surface area contributed by atoms with Gasteiger partial charge in [-0.3, -0.25) is 9.36 Å². The molecule has 3 heterocycles. The molecule has 5 rings (SSSR count). The summed E-state index contributed by atoms with van der Waals surface area (Å²) in [6, 6.07) is 17.4. The molecule has 0 fully saturated rings. The average Bonchev–Trinajstić information content (AvgIpc) is 3.25. The average molecular weight is 469 g/mol. The topological polar surface area (TPSA) is 98.7 Å². The van der Waals surface area contributed by atoms with Gasteiger partial charge in [0, 0.05) is 23.8 Å². The van der Waals surface area contributed by atoms with Crippen molar-refractivity contribution in [2.24, 2.45) is 0 Å². The molecule has 0 spiro atoms. The Hall–Kier alpha value is -4.04. The molecule has 0 aliphatic rings. The first kappa shape index (κ1) is 21.8. The molecule has 0 unspecified atom stereocenters. The Morgan fingerprint density at radius 2 is 1.82 bits per heavy atom. The van der Waals surface area contributed by atoms with Gasteiger partial charge < -0.3 is 11.1 Å². The van der Waals surface area contributed by atoms with Crippen LogP contribution < -0.4 is 16.6 Å². The van der Waals surface area contributed by atoms with Crippen molar-refractivity contribution in [3.63, 3.8) is 0 Å². The molecule has 0 aliphatic heterocycles. The Bertz CT molecular complexity index is 1560. The molecule has 5 aromatic rings. The van der Waals surface area contributed by atoms with E-state index in [1.807, 2.05) is 75.5 Å². The van der Waals surface area contributed by atoms with E-state index < -0.39 is 0 Å². The third-order valence-corrected chi connectivity index (χ3v) is 6.74. The van der Waals surface area contributed by atoms with E-state index >= 15 is 0 Å². The third-order valence-electron chi connectivity index (χ3n) is 5.79. The molecule has 0 saturated heterocycles. The Labute approximate surface area is 201 Å². The monoisotopic (exact) mass is 468 g/mol. The fraction of sp³-hybridized carbons (Fsp3) is 0.154. The molecule has 170 valence electrons. The van der Waals surface area contributed by atoms with Gasteiger partial charge in [-0.2, -0.15) is 4.98 Å². The fourth-order valence-corrected chi connectivity index (χ4v) is 4.96. The quantitative estimate of drug-likeness (QED) is 0.364. The number of hydrogen-bond acceptors (Lipinski definition) is 7. The number of aryl methyl sites for hydroxylation is 2. The molecular weight excluding hydrogens is 444 g/mol. The maximum Gasteiger partial charge on any atom is 0.263 e. The van der Waals surface area contributed by atoms with Crippen molar-refractivity contribution in [3.8, 4) is 16.1 Å². The van der Waals surface area contributed by atoms with Crippen LogP contribution in [0.1, 0.15) is 29.2 Å². The SMILES string of the molecule is Cc1ncc(-c2cnc(N)nc2N[C@@H](C)c2cc3cccc(C)c3c(=O)n2-c2ccccc2)s1. The zero-order valence-electron chi connectivity index (χ0n) is 19.1. The predicted molar refractivity (Wildman–Crippen MR) is 139 cm³/mol. The van der Waals surface area contributed by atoms with Gasteiger partial charge in [0.05, 0.1) is 26.9 Å². The smallest absolute Gasteiger partial charge is 0.263 e. The molecule has 2 aromatic carbocycles. The molecule has 34 heavy (non-hydrogen) atoms. The Morgan fingerprint density at radius 3 is 2.56 bits per heavy atom. The van der Waals surface area contributed by atoms with E-state index in [4.69, 9.17) is 5.73 Å². The van der Waals surface area contributed by atoms with Crippen LogP contribution in [0.25, 0.3) is 26.9 Å². The van der Waals surface area contributed by atoms with Crippen molar-refractivity contribution in [1.82, 2.24) is 19.5 Å². The second kappa shape index (κ2) is 8.72. The number of nitrogen functional groups attached to an aromatic ring is 1. The lowest BCUT2D eigenvalue weighted by Gasteiger charge is -2.22. The number of anilines is 2. The molecule has 8 heteroatoms. The van der Waals surface area contributed by atoms with Crippen LogP contribution in [0.15, 0.2) is 71.8 Å². The van der Waals surface area contributed by atoms with Crippen molar-refractivity contribution in [3.05, 3.63) is 93.6 Å². The zero-order chi connectivity index (χ0) is 23.8. The van der Waals surface area contributed by atoms with Crippen LogP contribution in [0, 0.1) is 13.8 Å². The van der Waals surface area contributed by atoms with E-state index in [0.717, 1.165) is 43.2 Å². The fourth-order valence-electron chi connectivity index (χ4n) is 4.17. The number of hydrogen-bond donors (Lipinski definition) is 2. The summed E-state index contributed by atoms with van der Waals surface area (Å²) >= 11 is 1.56. The van der Waals surface area contributed by atoms with Crippen molar-refractivity contribution in [2.45, 2.75) is 26.8 Å². The maximum atomic E-state index is 13.8. The van der Waals surface area contributed by atoms with Gasteiger partial charge >= 0.3 is 0 Å². The van der Waals surface area contributed by atoms with Gasteiger partial charge in [-0.1, -0.05) is 36.4 Å². The van der Waals surface area contributed by atoms with Crippen LogP contribution in [-0.4, -0.2) is 19.5 Å². The maximum absolute atomic E-state index is 13.8.